The Hall–Kier alpha value is -1.04. The number of rotatable bonds is 10. The van der Waals surface area contributed by atoms with Crippen LogP contribution >= 0.6 is 0 Å². The van der Waals surface area contributed by atoms with Gasteiger partial charge in [-0.3, -0.25) is 0 Å². The lowest BCUT2D eigenvalue weighted by Gasteiger charge is -2.12. The maximum atomic E-state index is 3.98. The van der Waals surface area contributed by atoms with Crippen molar-refractivity contribution in [2.24, 2.45) is 0 Å². The molecule has 0 fully saturated rings. The lowest BCUT2D eigenvalue weighted by Crippen LogP contribution is -1.94. The van der Waals surface area contributed by atoms with Crippen LogP contribution in [0, 0.1) is 0 Å². The molecular formula is C18H28. The molecule has 18 heavy (non-hydrogen) atoms. The Labute approximate surface area is 113 Å². The topological polar surface area (TPSA) is 0 Å². The largest absolute Gasteiger partial charge is 0.102 e. The Balaban J connectivity index is 2.15. The van der Waals surface area contributed by atoms with Crippen LogP contribution in [0.25, 0.3) is 0 Å². The first-order valence-corrected chi connectivity index (χ1v) is 7.56. The van der Waals surface area contributed by atoms with Gasteiger partial charge in [0.05, 0.1) is 0 Å². The first-order chi connectivity index (χ1) is 8.88. The number of benzene rings is 1. The van der Waals surface area contributed by atoms with Crippen LogP contribution in [0.1, 0.15) is 69.8 Å². The van der Waals surface area contributed by atoms with Gasteiger partial charge in [0, 0.05) is 5.92 Å². The molecule has 0 heteroatoms. The summed E-state index contributed by atoms with van der Waals surface area (Å²) in [5.74, 6) is 0.543. The fraction of sp³-hybridized carbons (Fsp3) is 0.556. The van der Waals surface area contributed by atoms with E-state index >= 15 is 0 Å². The second-order valence-electron chi connectivity index (χ2n) is 5.16. The van der Waals surface area contributed by atoms with Crippen molar-refractivity contribution < 1.29 is 0 Å². The van der Waals surface area contributed by atoms with Crippen molar-refractivity contribution in [3.8, 4) is 0 Å². The lowest BCUT2D eigenvalue weighted by molar-refractivity contribution is 0.563. The molecule has 1 unspecified atom stereocenters. The van der Waals surface area contributed by atoms with Gasteiger partial charge in [0.1, 0.15) is 0 Å². The highest BCUT2D eigenvalue weighted by Crippen LogP contribution is 2.23. The van der Waals surface area contributed by atoms with E-state index in [1.807, 2.05) is 0 Å². The summed E-state index contributed by atoms with van der Waals surface area (Å²) >= 11 is 0. The van der Waals surface area contributed by atoms with Crippen molar-refractivity contribution in [1.29, 1.82) is 0 Å². The normalized spacial score (nSPS) is 12.3. The van der Waals surface area contributed by atoms with Crippen LogP contribution in [-0.2, 0) is 0 Å². The van der Waals surface area contributed by atoms with Crippen LogP contribution in [-0.4, -0.2) is 0 Å². The van der Waals surface area contributed by atoms with Gasteiger partial charge in [-0.1, -0.05) is 88.3 Å². The van der Waals surface area contributed by atoms with Gasteiger partial charge in [-0.2, -0.15) is 0 Å². The van der Waals surface area contributed by atoms with E-state index in [2.05, 4.69) is 49.9 Å². The number of hydrogen-bond donors (Lipinski definition) is 0. The van der Waals surface area contributed by atoms with Gasteiger partial charge in [-0.05, 0) is 12.0 Å². The number of allylic oxidation sites excluding steroid dienone is 1. The van der Waals surface area contributed by atoms with Gasteiger partial charge < -0.3 is 0 Å². The van der Waals surface area contributed by atoms with Crippen molar-refractivity contribution in [1.82, 2.24) is 0 Å². The molecule has 1 aromatic carbocycles. The van der Waals surface area contributed by atoms with E-state index in [9.17, 15) is 0 Å². The third-order valence-corrected chi connectivity index (χ3v) is 3.63. The summed E-state index contributed by atoms with van der Waals surface area (Å²) in [6.45, 7) is 6.25. The van der Waals surface area contributed by atoms with Crippen molar-refractivity contribution in [3.05, 3.63) is 48.6 Å². The molecule has 0 aliphatic carbocycles. The molecule has 1 atom stereocenters. The molecule has 1 aromatic rings. The predicted molar refractivity (Wildman–Crippen MR) is 82.0 cm³/mol. The Kier molecular flexibility index (Phi) is 8.29. The fourth-order valence-corrected chi connectivity index (χ4v) is 2.44. The summed E-state index contributed by atoms with van der Waals surface area (Å²) in [6.07, 6.45) is 13.0. The van der Waals surface area contributed by atoms with Crippen molar-refractivity contribution in [3.63, 3.8) is 0 Å². The molecule has 0 bridgehead atoms. The summed E-state index contributed by atoms with van der Waals surface area (Å²) in [7, 11) is 0. The van der Waals surface area contributed by atoms with E-state index in [1.54, 1.807) is 0 Å². The van der Waals surface area contributed by atoms with Gasteiger partial charge in [-0.15, -0.1) is 6.58 Å². The summed E-state index contributed by atoms with van der Waals surface area (Å²) < 4.78 is 0. The molecule has 0 heterocycles. The molecule has 0 N–H and O–H groups in total. The van der Waals surface area contributed by atoms with Gasteiger partial charge in [0.15, 0.2) is 0 Å². The molecule has 0 aliphatic heterocycles. The van der Waals surface area contributed by atoms with Crippen molar-refractivity contribution >= 4 is 0 Å². The minimum Gasteiger partial charge on any atom is -0.102 e. The van der Waals surface area contributed by atoms with Crippen molar-refractivity contribution in [2.45, 2.75) is 64.2 Å². The predicted octanol–water partition coefficient (Wildman–Crippen LogP) is 6.10. The minimum absolute atomic E-state index is 0.543. The van der Waals surface area contributed by atoms with E-state index in [1.165, 1.54) is 56.9 Å². The van der Waals surface area contributed by atoms with E-state index in [0.717, 1.165) is 0 Å². The Morgan fingerprint density at radius 2 is 1.56 bits per heavy atom. The SMILES string of the molecule is C=CC(CCCCCCCCC)c1ccccc1. The second kappa shape index (κ2) is 9.94. The van der Waals surface area contributed by atoms with E-state index in [-0.39, 0.29) is 0 Å². The quantitative estimate of drug-likeness (QED) is 0.345. The summed E-state index contributed by atoms with van der Waals surface area (Å²) in [6, 6.07) is 10.8. The molecule has 1 rings (SSSR count). The Bertz CT molecular complexity index is 299. The maximum absolute atomic E-state index is 3.98. The molecular weight excluding hydrogens is 216 g/mol. The summed E-state index contributed by atoms with van der Waals surface area (Å²) in [4.78, 5) is 0. The smallest absolute Gasteiger partial charge is 0.00152 e. The standard InChI is InChI=1S/C18H28/c1-3-5-6-7-8-9-11-14-17(4-2)18-15-12-10-13-16-18/h4,10,12-13,15-17H,2-3,5-9,11,14H2,1H3. The van der Waals surface area contributed by atoms with E-state index < -0.39 is 0 Å². The van der Waals surface area contributed by atoms with Crippen LogP contribution in [0.3, 0.4) is 0 Å². The average molecular weight is 244 g/mol. The molecule has 100 valence electrons. The van der Waals surface area contributed by atoms with Crippen LogP contribution in [0.15, 0.2) is 43.0 Å². The Morgan fingerprint density at radius 1 is 0.944 bits per heavy atom. The zero-order chi connectivity index (χ0) is 13.1. The maximum Gasteiger partial charge on any atom is 0.00152 e. The highest BCUT2D eigenvalue weighted by molar-refractivity contribution is 5.22. The minimum atomic E-state index is 0.543. The summed E-state index contributed by atoms with van der Waals surface area (Å²) in [5.41, 5.74) is 1.42. The lowest BCUT2D eigenvalue weighted by atomic mass is 9.93. The molecule has 0 nitrogen and oxygen atoms in total. The van der Waals surface area contributed by atoms with Gasteiger partial charge in [-0.25, -0.2) is 0 Å². The first-order valence-electron chi connectivity index (χ1n) is 7.56. The monoisotopic (exact) mass is 244 g/mol. The van der Waals surface area contributed by atoms with Gasteiger partial charge in [0.2, 0.25) is 0 Å². The van der Waals surface area contributed by atoms with Crippen molar-refractivity contribution in [2.75, 3.05) is 0 Å². The Morgan fingerprint density at radius 3 is 2.17 bits per heavy atom. The molecule has 0 aromatic heterocycles. The van der Waals surface area contributed by atoms with E-state index in [0.29, 0.717) is 5.92 Å². The van der Waals surface area contributed by atoms with E-state index in [4.69, 9.17) is 0 Å². The fourth-order valence-electron chi connectivity index (χ4n) is 2.44. The van der Waals surface area contributed by atoms with Crippen LogP contribution < -0.4 is 0 Å². The number of unbranched alkanes of at least 4 members (excludes halogenated alkanes) is 6. The molecule has 0 spiro atoms. The third kappa shape index (κ3) is 6.05. The van der Waals surface area contributed by atoms with Crippen LogP contribution in [0.2, 0.25) is 0 Å². The highest BCUT2D eigenvalue weighted by atomic mass is 14.1. The average Bonchev–Trinajstić information content (AvgIpc) is 2.43. The third-order valence-electron chi connectivity index (χ3n) is 3.63. The zero-order valence-electron chi connectivity index (χ0n) is 11.9. The molecule has 0 saturated carbocycles. The second-order valence-corrected chi connectivity index (χ2v) is 5.16. The molecule has 0 amide bonds. The molecule has 0 aliphatic rings. The van der Waals surface area contributed by atoms with Gasteiger partial charge >= 0.3 is 0 Å². The highest BCUT2D eigenvalue weighted by Gasteiger charge is 2.05. The molecule has 0 radical (unpaired) electrons. The first kappa shape index (κ1) is 15.0. The molecule has 0 saturated heterocycles. The summed E-state index contributed by atoms with van der Waals surface area (Å²) in [5, 5.41) is 0. The number of hydrogen-bond acceptors (Lipinski definition) is 0. The zero-order valence-corrected chi connectivity index (χ0v) is 11.9. The van der Waals surface area contributed by atoms with Gasteiger partial charge in [0.25, 0.3) is 0 Å². The van der Waals surface area contributed by atoms with Crippen LogP contribution in [0.4, 0.5) is 0 Å². The van der Waals surface area contributed by atoms with Crippen LogP contribution in [0.5, 0.6) is 0 Å².